The second kappa shape index (κ2) is 5.05. The van der Waals surface area contributed by atoms with Crippen molar-refractivity contribution in [3.05, 3.63) is 35.1 Å². The molecular weight excluding hydrogens is 226 g/mol. The van der Waals surface area contributed by atoms with E-state index in [2.05, 4.69) is 13.0 Å². The van der Waals surface area contributed by atoms with Gasteiger partial charge in [0.25, 0.3) is 0 Å². The first kappa shape index (κ1) is 12.4. The van der Waals surface area contributed by atoms with Crippen molar-refractivity contribution >= 4 is 16.8 Å². The quantitative estimate of drug-likeness (QED) is 0.824. The van der Waals surface area contributed by atoms with Gasteiger partial charge in [0.05, 0.1) is 11.6 Å². The third kappa shape index (κ3) is 2.28. The number of ketones is 1. The fourth-order valence-electron chi connectivity index (χ4n) is 2.14. The molecule has 0 aliphatic heterocycles. The van der Waals surface area contributed by atoms with Gasteiger partial charge in [-0.2, -0.15) is 5.26 Å². The van der Waals surface area contributed by atoms with Crippen LogP contribution in [0.15, 0.2) is 22.6 Å². The number of hydrogen-bond acceptors (Lipinski definition) is 3. The van der Waals surface area contributed by atoms with Crippen LogP contribution < -0.4 is 0 Å². The highest BCUT2D eigenvalue weighted by atomic mass is 16.3. The maximum atomic E-state index is 11.4. The van der Waals surface area contributed by atoms with Crippen LogP contribution in [0.5, 0.6) is 0 Å². The summed E-state index contributed by atoms with van der Waals surface area (Å²) in [5.74, 6) is 0.982. The van der Waals surface area contributed by atoms with Crippen LogP contribution in [0.4, 0.5) is 0 Å². The molecule has 0 saturated carbocycles. The predicted octanol–water partition coefficient (Wildman–Crippen LogP) is 3.39. The fraction of sp³-hybridized carbons (Fsp3) is 0.333. The summed E-state index contributed by atoms with van der Waals surface area (Å²) in [6.45, 7) is 3.65. The molecule has 0 bridgehead atoms. The minimum atomic E-state index is 0.109. The number of Topliss-reactive ketones (excluding diaryl/α,β-unsaturated/α-hetero) is 1. The molecule has 2 aromatic rings. The molecular formula is C15H15NO2. The highest BCUT2D eigenvalue weighted by molar-refractivity contribution is 5.89. The van der Waals surface area contributed by atoms with Gasteiger partial charge in [-0.05, 0) is 31.5 Å². The van der Waals surface area contributed by atoms with Gasteiger partial charge in [-0.25, -0.2) is 0 Å². The molecule has 0 aliphatic carbocycles. The van der Waals surface area contributed by atoms with Gasteiger partial charge in [0.15, 0.2) is 0 Å². The smallest absolute Gasteiger partial charge is 0.134 e. The molecule has 0 atom stereocenters. The normalized spacial score (nSPS) is 10.5. The van der Waals surface area contributed by atoms with E-state index in [-0.39, 0.29) is 5.78 Å². The minimum Gasteiger partial charge on any atom is -0.461 e. The molecule has 2 rings (SSSR count). The third-order valence-electron chi connectivity index (χ3n) is 2.91. The lowest BCUT2D eigenvalue weighted by Gasteiger charge is -1.99. The van der Waals surface area contributed by atoms with E-state index in [0.29, 0.717) is 12.0 Å². The van der Waals surface area contributed by atoms with Gasteiger partial charge < -0.3 is 4.42 Å². The number of benzene rings is 1. The molecule has 0 unspecified atom stereocenters. The summed E-state index contributed by atoms with van der Waals surface area (Å²) < 4.78 is 5.78. The second-order valence-corrected chi connectivity index (χ2v) is 4.46. The topological polar surface area (TPSA) is 54.0 Å². The number of rotatable bonds is 4. The molecule has 1 aromatic heterocycles. The van der Waals surface area contributed by atoms with Crippen LogP contribution in [0, 0.1) is 11.3 Å². The van der Waals surface area contributed by atoms with E-state index in [9.17, 15) is 4.79 Å². The van der Waals surface area contributed by atoms with Crippen molar-refractivity contribution in [1.82, 2.24) is 0 Å². The van der Waals surface area contributed by atoms with Gasteiger partial charge in [0, 0.05) is 23.8 Å². The molecule has 1 aromatic carbocycles. The summed E-state index contributed by atoms with van der Waals surface area (Å²) in [5.41, 5.74) is 2.29. The molecule has 0 spiro atoms. The van der Waals surface area contributed by atoms with Gasteiger partial charge in [-0.3, -0.25) is 4.79 Å². The SMILES string of the molecule is CCCc1oc2ccc(C#N)cc2c1CC(C)=O. The second-order valence-electron chi connectivity index (χ2n) is 4.46. The van der Waals surface area contributed by atoms with Crippen molar-refractivity contribution in [3.8, 4) is 6.07 Å². The van der Waals surface area contributed by atoms with E-state index in [1.54, 1.807) is 25.1 Å². The monoisotopic (exact) mass is 241 g/mol. The van der Waals surface area contributed by atoms with E-state index < -0.39 is 0 Å². The predicted molar refractivity (Wildman–Crippen MR) is 69.3 cm³/mol. The average molecular weight is 241 g/mol. The van der Waals surface area contributed by atoms with Crippen molar-refractivity contribution in [2.45, 2.75) is 33.1 Å². The van der Waals surface area contributed by atoms with Crippen LogP contribution in [0.2, 0.25) is 0 Å². The highest BCUT2D eigenvalue weighted by Crippen LogP contribution is 2.28. The lowest BCUT2D eigenvalue weighted by molar-refractivity contribution is -0.116. The number of carbonyl (C=O) groups excluding carboxylic acids is 1. The molecule has 0 radical (unpaired) electrons. The molecule has 0 N–H and O–H groups in total. The summed E-state index contributed by atoms with van der Waals surface area (Å²) in [4.78, 5) is 11.4. The maximum absolute atomic E-state index is 11.4. The van der Waals surface area contributed by atoms with Gasteiger partial charge in [0.1, 0.15) is 17.1 Å². The average Bonchev–Trinajstić information content (AvgIpc) is 2.67. The van der Waals surface area contributed by atoms with Crippen molar-refractivity contribution in [1.29, 1.82) is 5.26 Å². The minimum absolute atomic E-state index is 0.109. The van der Waals surface area contributed by atoms with Gasteiger partial charge in [0.2, 0.25) is 0 Å². The molecule has 18 heavy (non-hydrogen) atoms. The summed E-state index contributed by atoms with van der Waals surface area (Å²) in [6.07, 6.45) is 2.16. The summed E-state index contributed by atoms with van der Waals surface area (Å²) >= 11 is 0. The van der Waals surface area contributed by atoms with Crippen molar-refractivity contribution in [2.24, 2.45) is 0 Å². The first-order valence-corrected chi connectivity index (χ1v) is 6.09. The largest absolute Gasteiger partial charge is 0.461 e. The molecule has 3 heteroatoms. The standard InChI is InChI=1S/C15H15NO2/c1-3-4-14-12(7-10(2)17)13-8-11(9-16)5-6-15(13)18-14/h5-6,8H,3-4,7H2,1-2H3. The summed E-state index contributed by atoms with van der Waals surface area (Å²) in [7, 11) is 0. The Balaban J connectivity index is 2.62. The molecule has 0 aliphatic rings. The molecule has 0 fully saturated rings. The Hall–Kier alpha value is -2.08. The van der Waals surface area contributed by atoms with Gasteiger partial charge >= 0.3 is 0 Å². The summed E-state index contributed by atoms with van der Waals surface area (Å²) in [6, 6.07) is 7.45. The van der Waals surface area contributed by atoms with Crippen LogP contribution >= 0.6 is 0 Å². The van der Waals surface area contributed by atoms with Gasteiger partial charge in [-0.15, -0.1) is 0 Å². The Kier molecular flexibility index (Phi) is 3.47. The van der Waals surface area contributed by atoms with E-state index >= 15 is 0 Å². The highest BCUT2D eigenvalue weighted by Gasteiger charge is 2.15. The molecule has 3 nitrogen and oxygen atoms in total. The van der Waals surface area contributed by atoms with Gasteiger partial charge in [-0.1, -0.05) is 6.92 Å². The Bertz CT molecular complexity index is 632. The summed E-state index contributed by atoms with van der Waals surface area (Å²) in [5, 5.41) is 9.83. The fourth-order valence-corrected chi connectivity index (χ4v) is 2.14. The number of nitriles is 1. The lowest BCUT2D eigenvalue weighted by Crippen LogP contribution is -1.98. The van der Waals surface area contributed by atoms with Crippen molar-refractivity contribution in [3.63, 3.8) is 0 Å². The molecule has 92 valence electrons. The Morgan fingerprint density at radius 3 is 2.83 bits per heavy atom. The Morgan fingerprint density at radius 1 is 1.44 bits per heavy atom. The van der Waals surface area contributed by atoms with Crippen molar-refractivity contribution in [2.75, 3.05) is 0 Å². The van der Waals surface area contributed by atoms with E-state index in [0.717, 1.165) is 35.1 Å². The lowest BCUT2D eigenvalue weighted by atomic mass is 10.0. The first-order chi connectivity index (χ1) is 8.65. The zero-order valence-corrected chi connectivity index (χ0v) is 10.6. The van der Waals surface area contributed by atoms with Crippen LogP contribution in [0.3, 0.4) is 0 Å². The number of carbonyl (C=O) groups is 1. The Morgan fingerprint density at radius 2 is 2.22 bits per heavy atom. The van der Waals surface area contributed by atoms with Crippen molar-refractivity contribution < 1.29 is 9.21 Å². The zero-order valence-electron chi connectivity index (χ0n) is 10.6. The number of furan rings is 1. The molecule has 1 heterocycles. The molecule has 0 amide bonds. The van der Waals surface area contributed by atoms with E-state index in [4.69, 9.17) is 9.68 Å². The number of aryl methyl sites for hydroxylation is 1. The maximum Gasteiger partial charge on any atom is 0.134 e. The zero-order chi connectivity index (χ0) is 13.1. The number of nitrogens with zero attached hydrogens (tertiary/aromatic N) is 1. The van der Waals surface area contributed by atoms with E-state index in [1.165, 1.54) is 0 Å². The molecule has 0 saturated heterocycles. The van der Waals surface area contributed by atoms with Crippen LogP contribution in [-0.4, -0.2) is 5.78 Å². The first-order valence-electron chi connectivity index (χ1n) is 6.09. The van der Waals surface area contributed by atoms with E-state index in [1.807, 2.05) is 0 Å². The Labute approximate surface area is 106 Å². The number of hydrogen-bond donors (Lipinski definition) is 0. The van der Waals surface area contributed by atoms with Crippen LogP contribution in [0.25, 0.3) is 11.0 Å². The third-order valence-corrected chi connectivity index (χ3v) is 2.91. The number of fused-ring (bicyclic) bond motifs is 1. The van der Waals surface area contributed by atoms with Crippen LogP contribution in [0.1, 0.15) is 37.2 Å². The van der Waals surface area contributed by atoms with Crippen LogP contribution in [-0.2, 0) is 17.6 Å².